The number of amides is 1. The van der Waals surface area contributed by atoms with Gasteiger partial charge in [-0.25, -0.2) is 4.79 Å². The zero-order valence-electron chi connectivity index (χ0n) is 12.5. The van der Waals surface area contributed by atoms with Crippen molar-refractivity contribution in [2.24, 2.45) is 10.9 Å². The van der Waals surface area contributed by atoms with Crippen LogP contribution in [0.1, 0.15) is 32.4 Å². The van der Waals surface area contributed by atoms with Crippen LogP contribution in [0.4, 0.5) is 4.79 Å². The standard InChI is InChI=1S/C14H20ClN3O3/c1-14(2,3)21-13(19)18(4)11(12(16)17-20)9-6-5-7-10(15)8-9/h5-8,11,20H,1-4H3,(H2,16,17)/t11-/m0/s1. The lowest BCUT2D eigenvalue weighted by molar-refractivity contribution is 0.0263. The molecular formula is C14H20ClN3O3. The largest absolute Gasteiger partial charge is 0.444 e. The Morgan fingerprint density at radius 1 is 1.48 bits per heavy atom. The van der Waals surface area contributed by atoms with Gasteiger partial charge >= 0.3 is 6.09 Å². The topological polar surface area (TPSA) is 88.2 Å². The van der Waals surface area contributed by atoms with Crippen LogP contribution < -0.4 is 5.73 Å². The number of oxime groups is 1. The van der Waals surface area contributed by atoms with Crippen LogP contribution >= 0.6 is 11.6 Å². The molecule has 0 heterocycles. The van der Waals surface area contributed by atoms with E-state index in [9.17, 15) is 4.79 Å². The minimum Gasteiger partial charge on any atom is -0.444 e. The molecule has 1 aromatic rings. The van der Waals surface area contributed by atoms with Gasteiger partial charge in [-0.15, -0.1) is 0 Å². The monoisotopic (exact) mass is 313 g/mol. The summed E-state index contributed by atoms with van der Waals surface area (Å²) in [4.78, 5) is 13.4. The summed E-state index contributed by atoms with van der Waals surface area (Å²) in [6, 6.07) is 6.02. The van der Waals surface area contributed by atoms with Gasteiger partial charge in [0.2, 0.25) is 0 Å². The summed E-state index contributed by atoms with van der Waals surface area (Å²) >= 11 is 5.95. The quantitative estimate of drug-likeness (QED) is 0.388. The molecule has 0 saturated carbocycles. The summed E-state index contributed by atoms with van der Waals surface area (Å²) in [7, 11) is 1.51. The van der Waals surface area contributed by atoms with E-state index in [2.05, 4.69) is 5.16 Å². The maximum Gasteiger partial charge on any atom is 0.410 e. The molecule has 0 aromatic heterocycles. The highest BCUT2D eigenvalue weighted by atomic mass is 35.5. The Hall–Kier alpha value is -1.95. The number of hydrogen-bond acceptors (Lipinski definition) is 4. The van der Waals surface area contributed by atoms with Crippen molar-refractivity contribution < 1.29 is 14.7 Å². The molecule has 6 nitrogen and oxygen atoms in total. The predicted molar refractivity (Wildman–Crippen MR) is 81.6 cm³/mol. The first-order valence-corrected chi connectivity index (χ1v) is 6.72. The summed E-state index contributed by atoms with van der Waals surface area (Å²) < 4.78 is 5.29. The van der Waals surface area contributed by atoms with Gasteiger partial charge in [-0.05, 0) is 38.5 Å². The van der Waals surface area contributed by atoms with E-state index in [1.54, 1.807) is 45.0 Å². The highest BCUT2D eigenvalue weighted by molar-refractivity contribution is 6.30. The molecule has 1 aromatic carbocycles. The number of ether oxygens (including phenoxy) is 1. The van der Waals surface area contributed by atoms with E-state index >= 15 is 0 Å². The zero-order chi connectivity index (χ0) is 16.2. The Bertz CT molecular complexity index is 541. The zero-order valence-corrected chi connectivity index (χ0v) is 13.3. The predicted octanol–water partition coefficient (Wildman–Crippen LogP) is 2.99. The number of hydrogen-bond donors (Lipinski definition) is 2. The minimum absolute atomic E-state index is 0.134. The summed E-state index contributed by atoms with van der Waals surface area (Å²) in [5, 5.41) is 12.4. The fourth-order valence-corrected chi connectivity index (χ4v) is 1.96. The molecule has 0 bridgehead atoms. The van der Waals surface area contributed by atoms with Crippen molar-refractivity contribution >= 4 is 23.5 Å². The van der Waals surface area contributed by atoms with Crippen LogP contribution in [-0.4, -0.2) is 34.7 Å². The van der Waals surface area contributed by atoms with Crippen LogP contribution in [0.15, 0.2) is 29.4 Å². The van der Waals surface area contributed by atoms with E-state index in [1.165, 1.54) is 11.9 Å². The van der Waals surface area contributed by atoms with Crippen LogP contribution in [0.25, 0.3) is 0 Å². The lowest BCUT2D eigenvalue weighted by atomic mass is 10.1. The number of amidine groups is 1. The van der Waals surface area contributed by atoms with Crippen LogP contribution in [0, 0.1) is 0 Å². The first-order chi connectivity index (χ1) is 9.65. The molecule has 1 rings (SSSR count). The van der Waals surface area contributed by atoms with Crippen LogP contribution in [0.3, 0.4) is 0 Å². The maximum absolute atomic E-state index is 12.2. The van der Waals surface area contributed by atoms with E-state index in [0.29, 0.717) is 10.6 Å². The van der Waals surface area contributed by atoms with E-state index < -0.39 is 17.7 Å². The highest BCUT2D eigenvalue weighted by Gasteiger charge is 2.29. The van der Waals surface area contributed by atoms with Crippen LogP contribution in [0.2, 0.25) is 5.02 Å². The molecule has 1 amide bonds. The Kier molecular flexibility index (Phi) is 5.43. The highest BCUT2D eigenvalue weighted by Crippen LogP contribution is 2.24. The Morgan fingerprint density at radius 2 is 2.10 bits per heavy atom. The van der Waals surface area contributed by atoms with Crippen molar-refractivity contribution in [3.63, 3.8) is 0 Å². The molecule has 0 saturated heterocycles. The smallest absolute Gasteiger partial charge is 0.410 e. The number of likely N-dealkylation sites (N-methyl/N-ethyl adjacent to an activating group) is 1. The molecule has 116 valence electrons. The third-order valence-electron chi connectivity index (χ3n) is 2.63. The van der Waals surface area contributed by atoms with Crippen molar-refractivity contribution in [2.75, 3.05) is 7.05 Å². The van der Waals surface area contributed by atoms with Gasteiger partial charge in [0.25, 0.3) is 0 Å². The van der Waals surface area contributed by atoms with Crippen molar-refractivity contribution in [3.8, 4) is 0 Å². The maximum atomic E-state index is 12.2. The Morgan fingerprint density at radius 3 is 2.57 bits per heavy atom. The molecular weight excluding hydrogens is 294 g/mol. The average molecular weight is 314 g/mol. The molecule has 3 N–H and O–H groups in total. The summed E-state index contributed by atoms with van der Waals surface area (Å²) in [5.74, 6) is -0.134. The molecule has 0 fully saturated rings. The molecule has 0 aliphatic heterocycles. The van der Waals surface area contributed by atoms with Gasteiger partial charge in [-0.3, -0.25) is 4.90 Å². The van der Waals surface area contributed by atoms with Gasteiger partial charge in [0.15, 0.2) is 5.84 Å². The number of benzene rings is 1. The molecule has 1 atom stereocenters. The fourth-order valence-electron chi connectivity index (χ4n) is 1.76. The number of halogens is 1. The molecule has 21 heavy (non-hydrogen) atoms. The van der Waals surface area contributed by atoms with E-state index in [4.69, 9.17) is 27.3 Å². The fraction of sp³-hybridized carbons (Fsp3) is 0.429. The molecule has 0 spiro atoms. The molecule has 0 aliphatic rings. The van der Waals surface area contributed by atoms with E-state index in [0.717, 1.165) is 0 Å². The van der Waals surface area contributed by atoms with Gasteiger partial charge in [0.05, 0.1) is 0 Å². The second-order valence-corrected chi connectivity index (χ2v) is 6.01. The summed E-state index contributed by atoms with van der Waals surface area (Å²) in [6.07, 6.45) is -0.584. The molecule has 0 radical (unpaired) electrons. The average Bonchev–Trinajstić information content (AvgIpc) is 2.36. The lowest BCUT2D eigenvalue weighted by Crippen LogP contribution is -2.42. The van der Waals surface area contributed by atoms with E-state index in [-0.39, 0.29) is 5.84 Å². The van der Waals surface area contributed by atoms with Gasteiger partial charge in [-0.1, -0.05) is 28.9 Å². The summed E-state index contributed by atoms with van der Waals surface area (Å²) in [6.45, 7) is 5.28. The number of carbonyl (C=O) groups is 1. The second-order valence-electron chi connectivity index (χ2n) is 5.57. The second kappa shape index (κ2) is 6.67. The van der Waals surface area contributed by atoms with Crippen molar-refractivity contribution in [3.05, 3.63) is 34.9 Å². The first-order valence-electron chi connectivity index (χ1n) is 6.34. The summed E-state index contributed by atoms with van der Waals surface area (Å²) in [5.41, 5.74) is 5.68. The third-order valence-corrected chi connectivity index (χ3v) is 2.86. The van der Waals surface area contributed by atoms with Gasteiger partial charge in [0.1, 0.15) is 11.6 Å². The SMILES string of the molecule is CN(C(=O)OC(C)(C)C)[C@H](C(N)=NO)c1cccc(Cl)c1. The normalized spacial score (nSPS) is 13.7. The van der Waals surface area contributed by atoms with E-state index in [1.807, 2.05) is 0 Å². The van der Waals surface area contributed by atoms with Gasteiger partial charge in [-0.2, -0.15) is 0 Å². The van der Waals surface area contributed by atoms with Gasteiger partial charge in [0, 0.05) is 12.1 Å². The molecule has 0 unspecified atom stereocenters. The Labute approximate surface area is 129 Å². The minimum atomic E-state index is -0.774. The molecule has 7 heteroatoms. The number of nitrogens with zero attached hydrogens (tertiary/aromatic N) is 2. The number of carbonyl (C=O) groups excluding carboxylic acids is 1. The van der Waals surface area contributed by atoms with Crippen molar-refractivity contribution in [2.45, 2.75) is 32.4 Å². The van der Waals surface area contributed by atoms with Crippen molar-refractivity contribution in [1.82, 2.24) is 4.90 Å². The van der Waals surface area contributed by atoms with Crippen molar-refractivity contribution in [1.29, 1.82) is 0 Å². The van der Waals surface area contributed by atoms with Crippen LogP contribution in [-0.2, 0) is 4.74 Å². The molecule has 0 aliphatic carbocycles. The Balaban J connectivity index is 3.12. The number of rotatable bonds is 3. The lowest BCUT2D eigenvalue weighted by Gasteiger charge is -2.30. The third kappa shape index (κ3) is 4.82. The van der Waals surface area contributed by atoms with Gasteiger partial charge < -0.3 is 15.7 Å². The van der Waals surface area contributed by atoms with Crippen LogP contribution in [0.5, 0.6) is 0 Å². The number of nitrogens with two attached hydrogens (primary N) is 1. The first kappa shape index (κ1) is 17.1.